The molecule has 0 saturated heterocycles. The molecule has 168 valence electrons. The molecule has 2 aromatic rings. The van der Waals surface area contributed by atoms with Crippen molar-refractivity contribution in [1.29, 1.82) is 0 Å². The maximum absolute atomic E-state index is 6.32. The molecule has 3 N–H and O–H groups in total. The quantitative estimate of drug-likeness (QED) is 0.251. The molecule has 1 atom stereocenters. The van der Waals surface area contributed by atoms with E-state index in [2.05, 4.69) is 61.2 Å². The van der Waals surface area contributed by atoms with Gasteiger partial charge in [0, 0.05) is 32.6 Å². The van der Waals surface area contributed by atoms with Crippen LogP contribution in [0.25, 0.3) is 0 Å². The lowest BCUT2D eigenvalue weighted by Crippen LogP contribution is -2.41. The van der Waals surface area contributed by atoms with Crippen LogP contribution < -0.4 is 11.1 Å². The van der Waals surface area contributed by atoms with Crippen molar-refractivity contribution in [3.8, 4) is 0 Å². The van der Waals surface area contributed by atoms with Crippen LogP contribution >= 0.6 is 0 Å². The smallest absolute Gasteiger partial charge is 0.206 e. The second-order valence-electron chi connectivity index (χ2n) is 9.35. The molecule has 0 saturated carbocycles. The molecule has 0 fully saturated rings. The number of rotatable bonds is 10. The van der Waals surface area contributed by atoms with E-state index < -0.39 is 8.32 Å². The predicted molar refractivity (Wildman–Crippen MR) is 127 cm³/mol. The van der Waals surface area contributed by atoms with Crippen molar-refractivity contribution >= 4 is 25.8 Å². The van der Waals surface area contributed by atoms with Gasteiger partial charge in [-0.1, -0.05) is 34.1 Å². The molecule has 0 aliphatic heterocycles. The number of nitrogens with one attached hydrogen (secondary N) is 1. The van der Waals surface area contributed by atoms with Crippen molar-refractivity contribution in [2.75, 3.05) is 18.5 Å². The fourth-order valence-electron chi connectivity index (χ4n) is 2.90. The van der Waals surface area contributed by atoms with Gasteiger partial charge in [-0.2, -0.15) is 5.10 Å². The van der Waals surface area contributed by atoms with Crippen LogP contribution in [0.3, 0.4) is 0 Å². The highest BCUT2D eigenvalue weighted by atomic mass is 28.4. The topological polar surface area (TPSA) is 95.3 Å². The minimum absolute atomic E-state index is 0.258. The van der Waals surface area contributed by atoms with Gasteiger partial charge >= 0.3 is 0 Å². The van der Waals surface area contributed by atoms with E-state index in [4.69, 9.17) is 10.2 Å². The Labute approximate surface area is 182 Å². The van der Waals surface area contributed by atoms with Gasteiger partial charge in [0.25, 0.3) is 0 Å². The monoisotopic (exact) mass is 433 g/mol. The Hall–Kier alpha value is -2.13. The first-order chi connectivity index (χ1) is 14.0. The van der Waals surface area contributed by atoms with Crippen molar-refractivity contribution < 1.29 is 4.43 Å². The summed E-state index contributed by atoms with van der Waals surface area (Å²) in [5.74, 6) is 1.79. The van der Waals surface area contributed by atoms with Crippen LogP contribution in [-0.2, 0) is 11.5 Å². The van der Waals surface area contributed by atoms with E-state index in [9.17, 15) is 0 Å². The number of hydrogen-bond acceptors (Lipinski definition) is 5. The number of imidazole rings is 1. The zero-order chi connectivity index (χ0) is 22.4. The van der Waals surface area contributed by atoms with Gasteiger partial charge < -0.3 is 15.5 Å². The molecule has 0 radical (unpaired) electrons. The molecular weight excluding hydrogens is 394 g/mol. The summed E-state index contributed by atoms with van der Waals surface area (Å²) >= 11 is 0. The summed E-state index contributed by atoms with van der Waals surface area (Å²) in [7, 11) is 0.243. The largest absolute Gasteiger partial charge is 0.417 e. The Bertz CT molecular complexity index is 806. The molecular formula is C21H39N7OSi. The van der Waals surface area contributed by atoms with Crippen LogP contribution in [-0.4, -0.2) is 46.8 Å². The van der Waals surface area contributed by atoms with Crippen LogP contribution in [0.1, 0.15) is 47.0 Å². The van der Waals surface area contributed by atoms with Gasteiger partial charge in [0.15, 0.2) is 8.32 Å². The molecule has 8 nitrogen and oxygen atoms in total. The number of aliphatic imine (C=N–C) groups is 1. The van der Waals surface area contributed by atoms with Crippen molar-refractivity contribution in [3.05, 3.63) is 24.9 Å². The normalized spacial score (nSPS) is 14.2. The van der Waals surface area contributed by atoms with Crippen molar-refractivity contribution in [1.82, 2.24) is 19.3 Å². The molecule has 0 spiro atoms. The highest BCUT2D eigenvalue weighted by Crippen LogP contribution is 2.36. The molecule has 2 heterocycles. The van der Waals surface area contributed by atoms with Crippen LogP contribution in [0, 0.1) is 5.92 Å². The first-order valence-electron chi connectivity index (χ1n) is 10.8. The maximum atomic E-state index is 6.32. The number of nitrogens with zero attached hydrogens (tertiary/aromatic N) is 5. The molecule has 9 heteroatoms. The van der Waals surface area contributed by atoms with E-state index in [1.165, 1.54) is 0 Å². The SMILES string of the molecule is CC[C@H](CCCO[Si](C)(C)C(C)(C)C)CNc1c(N=C(N)n2ccnc2)cnn1C. The van der Waals surface area contributed by atoms with Gasteiger partial charge in [0.1, 0.15) is 17.8 Å². The second kappa shape index (κ2) is 10.3. The lowest BCUT2D eigenvalue weighted by Gasteiger charge is -2.36. The molecule has 0 unspecified atom stereocenters. The first-order valence-corrected chi connectivity index (χ1v) is 13.7. The summed E-state index contributed by atoms with van der Waals surface area (Å²) < 4.78 is 9.80. The van der Waals surface area contributed by atoms with Crippen LogP contribution in [0.2, 0.25) is 18.1 Å². The van der Waals surface area contributed by atoms with E-state index in [1.807, 2.05) is 7.05 Å². The highest BCUT2D eigenvalue weighted by Gasteiger charge is 2.36. The van der Waals surface area contributed by atoms with Crippen molar-refractivity contribution in [3.63, 3.8) is 0 Å². The Morgan fingerprint density at radius 2 is 2.10 bits per heavy atom. The first kappa shape index (κ1) is 24.1. The van der Waals surface area contributed by atoms with Gasteiger partial charge in [-0.05, 0) is 36.9 Å². The highest BCUT2D eigenvalue weighted by molar-refractivity contribution is 6.74. The average molecular weight is 434 g/mol. The standard InChI is InChI=1S/C21H39N7OSi/c1-8-17(10-9-13-29-30(6,7)21(2,3)4)14-24-19-18(15-25-27(19)5)26-20(22)28-12-11-23-16-28/h11-12,15-17,24H,8-10,13-14H2,1-7H3,(H2,22,26)/t17-/m1/s1. The number of aryl methyl sites for hydroxylation is 1. The van der Waals surface area contributed by atoms with Gasteiger partial charge in [0.05, 0.1) is 6.20 Å². The summed E-state index contributed by atoms with van der Waals surface area (Å²) in [6.07, 6.45) is 10.1. The Morgan fingerprint density at radius 1 is 1.37 bits per heavy atom. The number of hydrogen-bond donors (Lipinski definition) is 2. The van der Waals surface area contributed by atoms with Gasteiger partial charge in [-0.25, -0.2) is 9.98 Å². The summed E-state index contributed by atoms with van der Waals surface area (Å²) in [5, 5.41) is 8.11. The maximum Gasteiger partial charge on any atom is 0.206 e. The van der Waals surface area contributed by atoms with E-state index in [-0.39, 0.29) is 5.04 Å². The number of anilines is 1. The van der Waals surface area contributed by atoms with Crippen LogP contribution in [0.15, 0.2) is 29.9 Å². The minimum atomic E-state index is -1.66. The Kier molecular flexibility index (Phi) is 8.25. The average Bonchev–Trinajstić information content (AvgIpc) is 3.31. The molecule has 0 amide bonds. The minimum Gasteiger partial charge on any atom is -0.417 e. The summed E-state index contributed by atoms with van der Waals surface area (Å²) in [6.45, 7) is 15.4. The third-order valence-electron chi connectivity index (χ3n) is 6.08. The lowest BCUT2D eigenvalue weighted by atomic mass is 10.0. The molecule has 0 aliphatic rings. The summed E-state index contributed by atoms with van der Waals surface area (Å²) in [5.41, 5.74) is 6.80. The van der Waals surface area contributed by atoms with E-state index >= 15 is 0 Å². The molecule has 0 aromatic carbocycles. The Morgan fingerprint density at radius 3 is 2.70 bits per heavy atom. The zero-order valence-electron chi connectivity index (χ0n) is 19.6. The second-order valence-corrected chi connectivity index (χ2v) is 14.2. The van der Waals surface area contributed by atoms with E-state index in [0.717, 1.165) is 43.9 Å². The van der Waals surface area contributed by atoms with Crippen LogP contribution in [0.4, 0.5) is 11.5 Å². The third kappa shape index (κ3) is 6.43. The van der Waals surface area contributed by atoms with Gasteiger partial charge in [0.2, 0.25) is 5.96 Å². The molecule has 2 rings (SSSR count). The fraction of sp³-hybridized carbons (Fsp3) is 0.667. The van der Waals surface area contributed by atoms with E-state index in [1.54, 1.807) is 34.2 Å². The molecule has 0 aliphatic carbocycles. The molecule has 0 bridgehead atoms. The summed E-state index contributed by atoms with van der Waals surface area (Å²) in [6, 6.07) is 0. The molecule has 30 heavy (non-hydrogen) atoms. The van der Waals surface area contributed by atoms with Gasteiger partial charge in [-0.15, -0.1) is 0 Å². The van der Waals surface area contributed by atoms with Gasteiger partial charge in [-0.3, -0.25) is 9.25 Å². The lowest BCUT2D eigenvalue weighted by molar-refractivity contribution is 0.268. The number of aromatic nitrogens is 4. The van der Waals surface area contributed by atoms with Crippen molar-refractivity contribution in [2.45, 2.75) is 65.1 Å². The Balaban J connectivity index is 1.90. The summed E-state index contributed by atoms with van der Waals surface area (Å²) in [4.78, 5) is 8.51. The number of nitrogens with two attached hydrogens (primary N) is 1. The fourth-order valence-corrected chi connectivity index (χ4v) is 3.98. The zero-order valence-corrected chi connectivity index (χ0v) is 20.6. The van der Waals surface area contributed by atoms with Crippen molar-refractivity contribution in [2.24, 2.45) is 23.7 Å². The predicted octanol–water partition coefficient (Wildman–Crippen LogP) is 4.35. The van der Waals surface area contributed by atoms with E-state index in [0.29, 0.717) is 11.9 Å². The molecule has 2 aromatic heterocycles. The third-order valence-corrected chi connectivity index (χ3v) is 10.6. The van der Waals surface area contributed by atoms with Crippen LogP contribution in [0.5, 0.6) is 0 Å².